The van der Waals surface area contributed by atoms with E-state index in [4.69, 9.17) is 10.6 Å². The van der Waals surface area contributed by atoms with Gasteiger partial charge in [0.05, 0.1) is 6.61 Å². The monoisotopic (exact) mass is 376 g/mol. The van der Waals surface area contributed by atoms with E-state index < -0.39 is 0 Å². The highest BCUT2D eigenvalue weighted by Crippen LogP contribution is 2.66. The Hall–Kier alpha value is -0.910. The van der Waals surface area contributed by atoms with Crippen molar-refractivity contribution < 1.29 is 14.7 Å². The zero-order valence-electron chi connectivity index (χ0n) is 16.9. The van der Waals surface area contributed by atoms with Crippen LogP contribution in [-0.2, 0) is 9.63 Å². The smallest absolute Gasteiger partial charge is 0.139 e. The molecule has 0 aliphatic heterocycles. The standard InChI is InChI=1S/C22H36N2O3/c1-21-7-5-16(24-27-10-9-23)12-15(21)11-14(13-25)20-17-3-4-19(26)22(17,2)8-6-18(20)21/h12,14-15,17-18,20,24-25H,3-11,13,23H2,1-2H3/t14-,15?,17-,18-,20-,21-,22-/m0/s1. The molecule has 0 heterocycles. The number of hydrogen-bond acceptors (Lipinski definition) is 5. The van der Waals surface area contributed by atoms with Gasteiger partial charge in [0, 0.05) is 30.7 Å². The lowest BCUT2D eigenvalue weighted by molar-refractivity contribution is -0.145. The van der Waals surface area contributed by atoms with Gasteiger partial charge in [-0.05, 0) is 73.5 Å². The van der Waals surface area contributed by atoms with Crippen LogP contribution in [0.3, 0.4) is 0 Å². The van der Waals surface area contributed by atoms with Crippen LogP contribution in [0.2, 0.25) is 0 Å². The summed E-state index contributed by atoms with van der Waals surface area (Å²) in [5.74, 6) is 2.83. The first-order valence-electron chi connectivity index (χ1n) is 10.9. The molecule has 0 radical (unpaired) electrons. The molecule has 7 atom stereocenters. The summed E-state index contributed by atoms with van der Waals surface area (Å²) in [6.07, 6.45) is 9.49. The fraction of sp³-hybridized carbons (Fsp3) is 0.864. The number of rotatable bonds is 5. The van der Waals surface area contributed by atoms with Gasteiger partial charge in [-0.3, -0.25) is 15.1 Å². The maximum atomic E-state index is 12.6. The summed E-state index contributed by atoms with van der Waals surface area (Å²) in [5.41, 5.74) is 9.90. The highest BCUT2D eigenvalue weighted by Gasteiger charge is 2.61. The third kappa shape index (κ3) is 2.97. The maximum absolute atomic E-state index is 12.6. The van der Waals surface area contributed by atoms with Crippen LogP contribution in [0, 0.1) is 40.4 Å². The summed E-state index contributed by atoms with van der Waals surface area (Å²) >= 11 is 0. The third-order valence-electron chi connectivity index (χ3n) is 8.83. The van der Waals surface area contributed by atoms with Gasteiger partial charge in [-0.1, -0.05) is 19.9 Å². The lowest BCUT2D eigenvalue weighted by Gasteiger charge is -2.61. The normalized spacial score (nSPS) is 46.3. The molecule has 4 aliphatic carbocycles. The van der Waals surface area contributed by atoms with Crippen molar-refractivity contribution >= 4 is 5.78 Å². The number of hydrogen-bond donors (Lipinski definition) is 3. The van der Waals surface area contributed by atoms with Gasteiger partial charge in [-0.2, -0.15) is 0 Å². The number of allylic oxidation sites excluding steroid dienone is 2. The van der Waals surface area contributed by atoms with Crippen LogP contribution in [0.5, 0.6) is 0 Å². The molecule has 5 nitrogen and oxygen atoms in total. The number of fused-ring (bicyclic) bond motifs is 5. The van der Waals surface area contributed by atoms with Gasteiger partial charge in [-0.25, -0.2) is 0 Å². The van der Waals surface area contributed by atoms with Crippen LogP contribution < -0.4 is 11.2 Å². The van der Waals surface area contributed by atoms with E-state index in [1.54, 1.807) is 0 Å². The fourth-order valence-electron chi connectivity index (χ4n) is 7.27. The lowest BCUT2D eigenvalue weighted by atomic mass is 9.44. The number of carbonyl (C=O) groups is 1. The first-order chi connectivity index (χ1) is 12.9. The molecule has 27 heavy (non-hydrogen) atoms. The van der Waals surface area contributed by atoms with Crippen molar-refractivity contribution in [2.75, 3.05) is 19.8 Å². The van der Waals surface area contributed by atoms with Crippen LogP contribution in [0.25, 0.3) is 0 Å². The van der Waals surface area contributed by atoms with Gasteiger partial charge < -0.3 is 10.8 Å². The summed E-state index contributed by atoms with van der Waals surface area (Å²) in [6.45, 7) is 5.95. The number of aliphatic hydroxyl groups is 1. The molecule has 4 N–H and O–H groups in total. The van der Waals surface area contributed by atoms with Gasteiger partial charge in [0.1, 0.15) is 5.78 Å². The number of aliphatic hydroxyl groups excluding tert-OH is 1. The zero-order valence-corrected chi connectivity index (χ0v) is 16.9. The number of nitrogens with one attached hydrogen (secondary N) is 1. The summed E-state index contributed by atoms with van der Waals surface area (Å²) in [4.78, 5) is 18.1. The van der Waals surface area contributed by atoms with Crippen LogP contribution in [0.15, 0.2) is 11.8 Å². The summed E-state index contributed by atoms with van der Waals surface area (Å²) < 4.78 is 0. The minimum atomic E-state index is -0.134. The van der Waals surface area contributed by atoms with Gasteiger partial charge in [0.25, 0.3) is 0 Å². The van der Waals surface area contributed by atoms with E-state index in [2.05, 4.69) is 25.4 Å². The number of hydroxylamine groups is 1. The number of Topliss-reactive ketones (excluding diaryl/α,β-unsaturated/α-hetero) is 1. The van der Waals surface area contributed by atoms with Gasteiger partial charge in [0.15, 0.2) is 0 Å². The van der Waals surface area contributed by atoms with Crippen molar-refractivity contribution in [2.24, 2.45) is 46.2 Å². The van der Waals surface area contributed by atoms with Crippen LogP contribution in [0.4, 0.5) is 0 Å². The van der Waals surface area contributed by atoms with Crippen molar-refractivity contribution in [1.29, 1.82) is 0 Å². The molecular weight excluding hydrogens is 340 g/mol. The molecule has 0 saturated heterocycles. The number of carbonyl (C=O) groups excluding carboxylic acids is 1. The SMILES string of the molecule is C[C@]12CCC(NOCCN)=CC1C[C@@H](CO)[C@@H]1[C@@H]2CC[C@]2(C)C(=O)CC[C@@H]12. The first kappa shape index (κ1) is 19.4. The molecule has 0 aromatic carbocycles. The van der Waals surface area contributed by atoms with Crippen molar-refractivity contribution in [2.45, 2.75) is 58.8 Å². The van der Waals surface area contributed by atoms with Gasteiger partial charge >= 0.3 is 0 Å². The van der Waals surface area contributed by atoms with Crippen LogP contribution >= 0.6 is 0 Å². The fourth-order valence-corrected chi connectivity index (χ4v) is 7.27. The molecule has 0 amide bonds. The van der Waals surface area contributed by atoms with Crippen LogP contribution in [0.1, 0.15) is 58.8 Å². The quantitative estimate of drug-likeness (QED) is 0.507. The summed E-state index contributed by atoms with van der Waals surface area (Å²) in [6, 6.07) is 0. The second-order valence-corrected chi connectivity index (χ2v) is 9.93. The number of ketones is 1. The molecule has 4 aliphatic rings. The van der Waals surface area contributed by atoms with Crippen molar-refractivity contribution in [3.8, 4) is 0 Å². The molecule has 1 unspecified atom stereocenters. The zero-order chi connectivity index (χ0) is 19.2. The van der Waals surface area contributed by atoms with E-state index in [0.29, 0.717) is 48.5 Å². The minimum Gasteiger partial charge on any atom is -0.396 e. The van der Waals surface area contributed by atoms with Crippen molar-refractivity contribution in [1.82, 2.24) is 5.48 Å². The molecule has 152 valence electrons. The molecule has 0 spiro atoms. The number of nitrogens with two attached hydrogens (primary N) is 1. The topological polar surface area (TPSA) is 84.6 Å². The van der Waals surface area contributed by atoms with E-state index in [1.807, 2.05) is 0 Å². The Balaban J connectivity index is 1.60. The molecule has 0 aromatic heterocycles. The van der Waals surface area contributed by atoms with E-state index in [0.717, 1.165) is 50.6 Å². The predicted octanol–water partition coefficient (Wildman–Crippen LogP) is 2.79. The molecule has 3 saturated carbocycles. The molecule has 0 bridgehead atoms. The second-order valence-electron chi connectivity index (χ2n) is 9.93. The molecular formula is C22H36N2O3. The Morgan fingerprint density at radius 3 is 2.81 bits per heavy atom. The lowest BCUT2D eigenvalue weighted by Crippen LogP contribution is -2.56. The van der Waals surface area contributed by atoms with Crippen molar-refractivity contribution in [3.05, 3.63) is 11.8 Å². The van der Waals surface area contributed by atoms with E-state index in [1.165, 1.54) is 0 Å². The van der Waals surface area contributed by atoms with Crippen LogP contribution in [-0.4, -0.2) is 30.6 Å². The van der Waals surface area contributed by atoms with Crippen molar-refractivity contribution in [3.63, 3.8) is 0 Å². The van der Waals surface area contributed by atoms with E-state index in [9.17, 15) is 9.90 Å². The minimum absolute atomic E-state index is 0.134. The summed E-state index contributed by atoms with van der Waals surface area (Å²) in [7, 11) is 0. The highest BCUT2D eigenvalue weighted by atomic mass is 16.6. The molecule has 0 aromatic rings. The molecule has 3 fully saturated rings. The Morgan fingerprint density at radius 1 is 1.26 bits per heavy atom. The van der Waals surface area contributed by atoms with Gasteiger partial charge in [0.2, 0.25) is 0 Å². The highest BCUT2D eigenvalue weighted by molar-refractivity contribution is 5.87. The Morgan fingerprint density at radius 2 is 2.07 bits per heavy atom. The second kappa shape index (κ2) is 7.16. The predicted molar refractivity (Wildman–Crippen MR) is 104 cm³/mol. The largest absolute Gasteiger partial charge is 0.396 e. The van der Waals surface area contributed by atoms with E-state index in [-0.39, 0.29) is 17.4 Å². The Labute approximate surface area is 163 Å². The third-order valence-corrected chi connectivity index (χ3v) is 8.83. The Bertz CT molecular complexity index is 621. The average molecular weight is 377 g/mol. The molecule has 5 heteroatoms. The van der Waals surface area contributed by atoms with E-state index >= 15 is 0 Å². The van der Waals surface area contributed by atoms with Gasteiger partial charge in [-0.15, -0.1) is 0 Å². The molecule has 4 rings (SSSR count). The Kier molecular flexibility index (Phi) is 5.15. The maximum Gasteiger partial charge on any atom is 0.139 e. The first-order valence-corrected chi connectivity index (χ1v) is 10.9. The average Bonchev–Trinajstić information content (AvgIpc) is 2.96. The summed E-state index contributed by atoms with van der Waals surface area (Å²) in [5, 5.41) is 10.3.